The Hall–Kier alpha value is -2.75. The molecule has 0 saturated carbocycles. The summed E-state index contributed by atoms with van der Waals surface area (Å²) in [5.41, 5.74) is 9.49. The molecular formula is C21H24N2O2. The van der Waals surface area contributed by atoms with Crippen molar-refractivity contribution in [1.82, 2.24) is 0 Å². The molecule has 4 nitrogen and oxygen atoms in total. The number of para-hydroxylation sites is 1. The van der Waals surface area contributed by atoms with Crippen LogP contribution in [0.25, 0.3) is 0 Å². The van der Waals surface area contributed by atoms with Gasteiger partial charge in [-0.05, 0) is 42.5 Å². The molecule has 0 aromatic heterocycles. The van der Waals surface area contributed by atoms with Gasteiger partial charge in [-0.25, -0.2) is 0 Å². The number of anilines is 2. The average Bonchev–Trinajstić information content (AvgIpc) is 2.50. The van der Waals surface area contributed by atoms with E-state index in [0.29, 0.717) is 17.9 Å². The van der Waals surface area contributed by atoms with Crippen molar-refractivity contribution in [2.24, 2.45) is 5.41 Å². The molecule has 0 spiro atoms. The summed E-state index contributed by atoms with van der Waals surface area (Å²) in [6, 6.07) is 13.4. The number of hydrogen-bond acceptors (Lipinski definition) is 4. The Morgan fingerprint density at radius 1 is 1.12 bits per heavy atom. The second-order valence-electron chi connectivity index (χ2n) is 7.40. The lowest BCUT2D eigenvalue weighted by molar-refractivity contribution is -0.117. The molecule has 4 heteroatoms. The number of nitrogens with two attached hydrogens (primary N) is 1. The minimum atomic E-state index is -0.0309. The molecule has 0 aliphatic heterocycles. The molecule has 2 aromatic rings. The summed E-state index contributed by atoms with van der Waals surface area (Å²) in [5.74, 6) is 1.65. The Labute approximate surface area is 148 Å². The van der Waals surface area contributed by atoms with Gasteiger partial charge >= 0.3 is 0 Å². The van der Waals surface area contributed by atoms with Gasteiger partial charge < -0.3 is 15.8 Å². The number of carbonyl (C=O) groups excluding carboxylic acids is 1. The first-order valence-corrected chi connectivity index (χ1v) is 8.46. The highest BCUT2D eigenvalue weighted by atomic mass is 16.5. The standard InChI is InChI=1S/C21H24N2O2/c1-14-6-4-5-7-20(14)25-17-8-9-19(18(22)11-17)23-15-10-16(24)13-21(2,3)12-15/h4-11,23H,12-13,22H2,1-3H3. The van der Waals surface area contributed by atoms with Gasteiger partial charge in [0.1, 0.15) is 11.5 Å². The van der Waals surface area contributed by atoms with Gasteiger partial charge in [0.05, 0.1) is 11.4 Å². The fourth-order valence-electron chi connectivity index (χ4n) is 3.12. The Morgan fingerprint density at radius 2 is 1.88 bits per heavy atom. The molecule has 0 unspecified atom stereocenters. The van der Waals surface area contributed by atoms with E-state index in [1.807, 2.05) is 43.3 Å². The van der Waals surface area contributed by atoms with Crippen molar-refractivity contribution in [1.29, 1.82) is 0 Å². The molecule has 25 heavy (non-hydrogen) atoms. The van der Waals surface area contributed by atoms with Gasteiger partial charge in [0, 0.05) is 24.3 Å². The number of aryl methyl sites for hydroxylation is 1. The number of hydrogen-bond donors (Lipinski definition) is 2. The van der Waals surface area contributed by atoms with Crippen LogP contribution < -0.4 is 15.8 Å². The van der Waals surface area contributed by atoms with Gasteiger partial charge in [0.2, 0.25) is 0 Å². The van der Waals surface area contributed by atoms with E-state index >= 15 is 0 Å². The van der Waals surface area contributed by atoms with Crippen LogP contribution in [0.15, 0.2) is 54.2 Å². The van der Waals surface area contributed by atoms with Crippen molar-refractivity contribution in [3.63, 3.8) is 0 Å². The molecule has 1 aliphatic carbocycles. The maximum atomic E-state index is 11.9. The third kappa shape index (κ3) is 4.21. The van der Waals surface area contributed by atoms with Crippen LogP contribution in [-0.2, 0) is 4.79 Å². The number of benzene rings is 2. The fraction of sp³-hybridized carbons (Fsp3) is 0.286. The zero-order chi connectivity index (χ0) is 18.0. The lowest BCUT2D eigenvalue weighted by atomic mass is 9.79. The van der Waals surface area contributed by atoms with Crippen LogP contribution in [0.5, 0.6) is 11.5 Å². The minimum absolute atomic E-state index is 0.0309. The fourth-order valence-corrected chi connectivity index (χ4v) is 3.12. The number of ketones is 1. The highest BCUT2D eigenvalue weighted by Gasteiger charge is 2.27. The quantitative estimate of drug-likeness (QED) is 0.767. The van der Waals surface area contributed by atoms with E-state index in [0.717, 1.165) is 29.1 Å². The van der Waals surface area contributed by atoms with Crippen molar-refractivity contribution in [3.8, 4) is 11.5 Å². The SMILES string of the molecule is Cc1ccccc1Oc1ccc(NC2=CC(=O)CC(C)(C)C2)c(N)c1. The number of carbonyl (C=O) groups is 1. The normalized spacial score (nSPS) is 16.3. The van der Waals surface area contributed by atoms with E-state index in [4.69, 9.17) is 10.5 Å². The van der Waals surface area contributed by atoms with Crippen LogP contribution >= 0.6 is 0 Å². The van der Waals surface area contributed by atoms with Gasteiger partial charge in [0.15, 0.2) is 5.78 Å². The molecule has 130 valence electrons. The topological polar surface area (TPSA) is 64.3 Å². The van der Waals surface area contributed by atoms with Gasteiger partial charge in [-0.15, -0.1) is 0 Å². The van der Waals surface area contributed by atoms with Gasteiger partial charge in [-0.2, -0.15) is 0 Å². The van der Waals surface area contributed by atoms with Gasteiger partial charge in [0.25, 0.3) is 0 Å². The smallest absolute Gasteiger partial charge is 0.157 e. The minimum Gasteiger partial charge on any atom is -0.457 e. The van der Waals surface area contributed by atoms with Crippen molar-refractivity contribution < 1.29 is 9.53 Å². The van der Waals surface area contributed by atoms with Crippen LogP contribution in [0.3, 0.4) is 0 Å². The third-order valence-electron chi connectivity index (χ3n) is 4.30. The second kappa shape index (κ2) is 6.63. The molecule has 3 N–H and O–H groups in total. The highest BCUT2D eigenvalue weighted by molar-refractivity contribution is 5.92. The first-order valence-electron chi connectivity index (χ1n) is 8.46. The summed E-state index contributed by atoms with van der Waals surface area (Å²) in [7, 11) is 0. The molecule has 0 radical (unpaired) electrons. The molecular weight excluding hydrogens is 312 g/mol. The average molecular weight is 336 g/mol. The van der Waals surface area contributed by atoms with Gasteiger partial charge in [-0.3, -0.25) is 4.79 Å². The monoisotopic (exact) mass is 336 g/mol. The molecule has 3 rings (SSSR count). The molecule has 2 aromatic carbocycles. The molecule has 1 aliphatic rings. The van der Waals surface area contributed by atoms with E-state index in [1.165, 1.54) is 0 Å². The molecule has 0 fully saturated rings. The number of nitrogens with one attached hydrogen (secondary N) is 1. The maximum Gasteiger partial charge on any atom is 0.157 e. The first-order chi connectivity index (χ1) is 11.8. The van der Waals surface area contributed by atoms with Crippen LogP contribution in [0.1, 0.15) is 32.3 Å². The number of rotatable bonds is 4. The second-order valence-corrected chi connectivity index (χ2v) is 7.40. The van der Waals surface area contributed by atoms with Crippen molar-refractivity contribution >= 4 is 17.2 Å². The van der Waals surface area contributed by atoms with Crippen molar-refractivity contribution in [2.75, 3.05) is 11.1 Å². The van der Waals surface area contributed by atoms with Crippen molar-refractivity contribution in [3.05, 3.63) is 59.8 Å². The summed E-state index contributed by atoms with van der Waals surface area (Å²) >= 11 is 0. The van der Waals surface area contributed by atoms with E-state index in [9.17, 15) is 4.79 Å². The van der Waals surface area contributed by atoms with E-state index < -0.39 is 0 Å². The van der Waals surface area contributed by atoms with E-state index in [-0.39, 0.29) is 11.2 Å². The number of allylic oxidation sites excluding steroid dienone is 2. The van der Waals surface area contributed by atoms with Crippen LogP contribution in [0.2, 0.25) is 0 Å². The van der Waals surface area contributed by atoms with E-state index in [2.05, 4.69) is 19.2 Å². The lowest BCUT2D eigenvalue weighted by Crippen LogP contribution is -2.24. The zero-order valence-corrected chi connectivity index (χ0v) is 14.9. The van der Waals surface area contributed by atoms with Crippen LogP contribution in [0.4, 0.5) is 11.4 Å². The zero-order valence-electron chi connectivity index (χ0n) is 14.9. The lowest BCUT2D eigenvalue weighted by Gasteiger charge is -2.29. The summed E-state index contributed by atoms with van der Waals surface area (Å²) < 4.78 is 5.91. The van der Waals surface area contributed by atoms with Crippen molar-refractivity contribution in [2.45, 2.75) is 33.6 Å². The molecule has 0 bridgehead atoms. The third-order valence-corrected chi connectivity index (χ3v) is 4.30. The van der Waals surface area contributed by atoms with Gasteiger partial charge in [-0.1, -0.05) is 32.0 Å². The number of ether oxygens (including phenoxy) is 1. The Morgan fingerprint density at radius 3 is 2.56 bits per heavy atom. The molecule has 0 saturated heterocycles. The Kier molecular flexibility index (Phi) is 4.53. The maximum absolute atomic E-state index is 11.9. The first kappa shape index (κ1) is 17.1. The highest BCUT2D eigenvalue weighted by Crippen LogP contribution is 2.36. The Bertz CT molecular complexity index is 838. The Balaban J connectivity index is 1.76. The molecule has 0 amide bonds. The molecule has 0 heterocycles. The predicted octanol–water partition coefficient (Wildman–Crippen LogP) is 5.05. The predicted molar refractivity (Wildman–Crippen MR) is 102 cm³/mol. The van der Waals surface area contributed by atoms with E-state index in [1.54, 1.807) is 12.1 Å². The summed E-state index contributed by atoms with van der Waals surface area (Å²) in [6.07, 6.45) is 3.08. The number of nitrogen functional groups attached to an aromatic ring is 1. The van der Waals surface area contributed by atoms with Crippen LogP contribution in [0, 0.1) is 12.3 Å². The summed E-state index contributed by atoms with van der Waals surface area (Å²) in [4.78, 5) is 11.9. The van der Waals surface area contributed by atoms with Crippen LogP contribution in [-0.4, -0.2) is 5.78 Å². The molecule has 0 atom stereocenters. The summed E-state index contributed by atoms with van der Waals surface area (Å²) in [5, 5.41) is 3.30. The largest absolute Gasteiger partial charge is 0.457 e. The summed E-state index contributed by atoms with van der Waals surface area (Å²) in [6.45, 7) is 6.20.